The lowest BCUT2D eigenvalue weighted by Crippen LogP contribution is -2.62. The number of methoxy groups -OCH3 is 1. The number of hydrogen-bond donors (Lipinski definition) is 1. The lowest BCUT2D eigenvalue weighted by molar-refractivity contribution is -0.0774. The number of benzene rings is 1. The van der Waals surface area contributed by atoms with E-state index in [-0.39, 0.29) is 24.0 Å². The number of rotatable bonds is 6. The van der Waals surface area contributed by atoms with Gasteiger partial charge in [0.15, 0.2) is 0 Å². The SMILES string of the molecule is COC[C@@H]1[C@@H](NS(=O)(=O)/C=C/c2ccccc2)[C@@H]2CCO[C@H]12. The van der Waals surface area contributed by atoms with Crippen molar-refractivity contribution in [1.82, 2.24) is 4.72 Å². The lowest BCUT2D eigenvalue weighted by Gasteiger charge is -2.47. The van der Waals surface area contributed by atoms with E-state index in [1.54, 1.807) is 13.2 Å². The highest BCUT2D eigenvalue weighted by Gasteiger charge is 2.54. The van der Waals surface area contributed by atoms with Gasteiger partial charge in [-0.1, -0.05) is 30.3 Å². The Morgan fingerprint density at radius 2 is 2.14 bits per heavy atom. The molecule has 3 rings (SSSR count). The van der Waals surface area contributed by atoms with Gasteiger partial charge in [-0.15, -0.1) is 0 Å². The van der Waals surface area contributed by atoms with Crippen LogP contribution >= 0.6 is 0 Å². The number of hydrogen-bond acceptors (Lipinski definition) is 4. The van der Waals surface area contributed by atoms with Crippen molar-refractivity contribution in [3.8, 4) is 0 Å². The average Bonchev–Trinajstić information content (AvgIpc) is 2.94. The van der Waals surface area contributed by atoms with E-state index in [0.717, 1.165) is 12.0 Å². The van der Waals surface area contributed by atoms with E-state index in [1.165, 1.54) is 5.41 Å². The molecule has 1 saturated carbocycles. The number of sulfonamides is 1. The third-order valence-electron chi connectivity index (χ3n) is 4.43. The highest BCUT2D eigenvalue weighted by Crippen LogP contribution is 2.44. The minimum Gasteiger partial charge on any atom is -0.384 e. The fourth-order valence-electron chi connectivity index (χ4n) is 3.36. The maximum absolute atomic E-state index is 12.3. The molecule has 0 bridgehead atoms. The molecule has 120 valence electrons. The third-order valence-corrected chi connectivity index (χ3v) is 5.52. The van der Waals surface area contributed by atoms with Gasteiger partial charge in [0.2, 0.25) is 10.0 Å². The lowest BCUT2D eigenvalue weighted by atomic mass is 9.68. The molecule has 4 atom stereocenters. The monoisotopic (exact) mass is 323 g/mol. The number of nitrogens with one attached hydrogen (secondary N) is 1. The molecule has 1 saturated heterocycles. The zero-order valence-corrected chi connectivity index (χ0v) is 13.3. The molecule has 1 aromatic carbocycles. The maximum Gasteiger partial charge on any atom is 0.234 e. The molecule has 0 amide bonds. The molecular formula is C16H21NO4S. The molecule has 1 heterocycles. The molecule has 0 aromatic heterocycles. The van der Waals surface area contributed by atoms with Crippen molar-refractivity contribution in [3.63, 3.8) is 0 Å². The molecule has 1 N–H and O–H groups in total. The molecular weight excluding hydrogens is 302 g/mol. The van der Waals surface area contributed by atoms with Gasteiger partial charge in [0.05, 0.1) is 12.7 Å². The summed E-state index contributed by atoms with van der Waals surface area (Å²) in [5, 5.41) is 1.23. The highest BCUT2D eigenvalue weighted by atomic mass is 32.2. The first-order valence-electron chi connectivity index (χ1n) is 7.47. The van der Waals surface area contributed by atoms with Crippen LogP contribution < -0.4 is 4.72 Å². The average molecular weight is 323 g/mol. The van der Waals surface area contributed by atoms with Crippen LogP contribution in [0.4, 0.5) is 0 Å². The van der Waals surface area contributed by atoms with Gasteiger partial charge < -0.3 is 9.47 Å². The van der Waals surface area contributed by atoms with Crippen LogP contribution in [0.1, 0.15) is 12.0 Å². The van der Waals surface area contributed by atoms with Gasteiger partial charge in [-0.2, -0.15) is 0 Å². The van der Waals surface area contributed by atoms with E-state index < -0.39 is 10.0 Å². The van der Waals surface area contributed by atoms with Crippen molar-refractivity contribution >= 4 is 16.1 Å². The van der Waals surface area contributed by atoms with Gasteiger partial charge in [-0.25, -0.2) is 13.1 Å². The highest BCUT2D eigenvalue weighted by molar-refractivity contribution is 7.92. The van der Waals surface area contributed by atoms with Crippen LogP contribution in [0.3, 0.4) is 0 Å². The van der Waals surface area contributed by atoms with Crippen LogP contribution in [0.2, 0.25) is 0 Å². The molecule has 2 fully saturated rings. The Morgan fingerprint density at radius 3 is 2.86 bits per heavy atom. The largest absolute Gasteiger partial charge is 0.384 e. The molecule has 1 aliphatic carbocycles. The molecule has 22 heavy (non-hydrogen) atoms. The zero-order valence-electron chi connectivity index (χ0n) is 12.5. The summed E-state index contributed by atoms with van der Waals surface area (Å²) in [7, 11) is -1.84. The fourth-order valence-corrected chi connectivity index (χ4v) is 4.50. The van der Waals surface area contributed by atoms with Gasteiger partial charge in [0.25, 0.3) is 0 Å². The van der Waals surface area contributed by atoms with Crippen molar-refractivity contribution in [1.29, 1.82) is 0 Å². The smallest absolute Gasteiger partial charge is 0.234 e. The van der Waals surface area contributed by atoms with Crippen LogP contribution in [0, 0.1) is 11.8 Å². The Bertz CT molecular complexity index is 629. The van der Waals surface area contributed by atoms with Crippen molar-refractivity contribution < 1.29 is 17.9 Å². The number of ether oxygens (including phenoxy) is 2. The Balaban J connectivity index is 1.67. The summed E-state index contributed by atoms with van der Waals surface area (Å²) in [5.74, 6) is 0.359. The van der Waals surface area contributed by atoms with Crippen LogP contribution in [-0.2, 0) is 19.5 Å². The molecule has 6 heteroatoms. The third kappa shape index (κ3) is 3.25. The first-order valence-corrected chi connectivity index (χ1v) is 9.01. The Kier molecular flexibility index (Phi) is 4.63. The minimum absolute atomic E-state index is 0.0948. The second kappa shape index (κ2) is 6.50. The van der Waals surface area contributed by atoms with Gasteiger partial charge in [0.1, 0.15) is 0 Å². The summed E-state index contributed by atoms with van der Waals surface area (Å²) in [6.45, 7) is 1.21. The van der Waals surface area contributed by atoms with Crippen LogP contribution in [0.15, 0.2) is 35.7 Å². The van der Waals surface area contributed by atoms with E-state index in [9.17, 15) is 8.42 Å². The summed E-state index contributed by atoms with van der Waals surface area (Å²) in [4.78, 5) is 0. The van der Waals surface area contributed by atoms with Gasteiger partial charge in [0, 0.05) is 37.0 Å². The van der Waals surface area contributed by atoms with E-state index in [0.29, 0.717) is 13.2 Å². The summed E-state index contributed by atoms with van der Waals surface area (Å²) >= 11 is 0. The Hall–Kier alpha value is -1.21. The van der Waals surface area contributed by atoms with Gasteiger partial charge in [-0.3, -0.25) is 0 Å². The van der Waals surface area contributed by atoms with E-state index >= 15 is 0 Å². The summed E-state index contributed by atoms with van der Waals surface area (Å²) < 4.78 is 38.2. The molecule has 1 aromatic rings. The van der Waals surface area contributed by atoms with Crippen LogP contribution in [-0.4, -0.2) is 40.9 Å². The summed E-state index contributed by atoms with van der Waals surface area (Å²) in [5.41, 5.74) is 0.858. The maximum atomic E-state index is 12.3. The molecule has 1 aliphatic heterocycles. The Morgan fingerprint density at radius 1 is 1.36 bits per heavy atom. The second-order valence-corrected chi connectivity index (χ2v) is 7.41. The van der Waals surface area contributed by atoms with Crippen molar-refractivity contribution in [2.75, 3.05) is 20.3 Å². The fraction of sp³-hybridized carbons (Fsp3) is 0.500. The van der Waals surface area contributed by atoms with Gasteiger partial charge >= 0.3 is 0 Å². The van der Waals surface area contributed by atoms with E-state index in [2.05, 4.69) is 4.72 Å². The second-order valence-electron chi connectivity index (χ2n) is 5.81. The van der Waals surface area contributed by atoms with Crippen molar-refractivity contribution in [2.24, 2.45) is 11.8 Å². The van der Waals surface area contributed by atoms with Crippen molar-refractivity contribution in [3.05, 3.63) is 41.3 Å². The van der Waals surface area contributed by atoms with Crippen LogP contribution in [0.5, 0.6) is 0 Å². The molecule has 0 radical (unpaired) electrons. The van der Waals surface area contributed by atoms with E-state index in [4.69, 9.17) is 9.47 Å². The predicted octanol–water partition coefficient (Wildman–Crippen LogP) is 1.63. The summed E-state index contributed by atoms with van der Waals surface area (Å²) in [6, 6.07) is 9.28. The molecule has 2 aliphatic rings. The zero-order chi connectivity index (χ0) is 15.6. The summed E-state index contributed by atoms with van der Waals surface area (Å²) in [6.07, 6.45) is 2.64. The van der Waals surface area contributed by atoms with E-state index in [1.807, 2.05) is 30.3 Å². The first kappa shape index (κ1) is 15.7. The molecule has 0 unspecified atom stereocenters. The Labute approximate surface area is 131 Å². The van der Waals surface area contributed by atoms with Crippen molar-refractivity contribution in [2.45, 2.75) is 18.6 Å². The molecule has 5 nitrogen and oxygen atoms in total. The minimum atomic E-state index is -3.47. The normalized spacial score (nSPS) is 31.1. The molecule has 0 spiro atoms. The number of fused-ring (bicyclic) bond motifs is 1. The first-order chi connectivity index (χ1) is 10.6. The predicted molar refractivity (Wildman–Crippen MR) is 84.5 cm³/mol. The van der Waals surface area contributed by atoms with Crippen LogP contribution in [0.25, 0.3) is 6.08 Å². The van der Waals surface area contributed by atoms with Gasteiger partial charge in [-0.05, 0) is 18.1 Å². The standard InChI is InChI=1S/C16H21NO4S/c1-20-11-14-15(13-7-9-21-16(13)14)17-22(18,19)10-8-12-5-3-2-4-6-12/h2-6,8,10,13-17H,7,9,11H2,1H3/b10-8+/t13-,14+,15-,16-/m0/s1. The quantitative estimate of drug-likeness (QED) is 0.864. The topological polar surface area (TPSA) is 64.6 Å².